The lowest BCUT2D eigenvalue weighted by Crippen LogP contribution is -2.12. The topological polar surface area (TPSA) is 99.0 Å². The quantitative estimate of drug-likeness (QED) is 0.508. The van der Waals surface area contributed by atoms with Crippen molar-refractivity contribution >= 4 is 23.4 Å². The summed E-state index contributed by atoms with van der Waals surface area (Å²) >= 11 is 1.56. The van der Waals surface area contributed by atoms with Gasteiger partial charge in [-0.1, -0.05) is 16.9 Å². The number of amides is 1. The van der Waals surface area contributed by atoms with E-state index in [1.54, 1.807) is 36.4 Å². The van der Waals surface area contributed by atoms with Crippen LogP contribution in [0.1, 0.15) is 12.3 Å². The number of carbonyl (C=O) groups excluding carboxylic acids is 1. The maximum atomic E-state index is 12.2. The van der Waals surface area contributed by atoms with Crippen molar-refractivity contribution in [3.8, 4) is 11.6 Å². The van der Waals surface area contributed by atoms with Gasteiger partial charge >= 0.3 is 0 Å². The summed E-state index contributed by atoms with van der Waals surface area (Å²) in [6.07, 6.45) is 5.80. The van der Waals surface area contributed by atoms with Gasteiger partial charge in [-0.25, -0.2) is 4.98 Å². The van der Waals surface area contributed by atoms with Crippen molar-refractivity contribution in [2.45, 2.75) is 22.9 Å². The maximum absolute atomic E-state index is 12.2. The van der Waals surface area contributed by atoms with E-state index in [9.17, 15) is 4.79 Å². The molecule has 28 heavy (non-hydrogen) atoms. The van der Waals surface area contributed by atoms with Crippen molar-refractivity contribution in [3.05, 3.63) is 60.9 Å². The molecule has 4 rings (SSSR count). The molecule has 9 heteroatoms. The standard InChI is InChI=1S/C19H17N5O3S/c1-24-11-10-20-19(24)28-14-6-4-13(5-7-14)21-16(25)8-9-17-22-18(23-27-17)15-3-2-12-26-15/h2-7,10-12H,8-9H2,1H3,(H,21,25). The monoisotopic (exact) mass is 395 g/mol. The zero-order chi connectivity index (χ0) is 19.3. The van der Waals surface area contributed by atoms with Gasteiger partial charge < -0.3 is 18.8 Å². The zero-order valence-corrected chi connectivity index (χ0v) is 15.8. The van der Waals surface area contributed by atoms with Crippen molar-refractivity contribution in [2.24, 2.45) is 7.05 Å². The Kier molecular flexibility index (Phi) is 5.24. The Hall–Kier alpha value is -3.33. The molecule has 3 heterocycles. The highest BCUT2D eigenvalue weighted by Crippen LogP contribution is 2.26. The van der Waals surface area contributed by atoms with Crippen LogP contribution in [0.5, 0.6) is 0 Å². The Balaban J connectivity index is 1.28. The van der Waals surface area contributed by atoms with Crippen LogP contribution in [-0.2, 0) is 18.3 Å². The normalized spacial score (nSPS) is 10.9. The van der Waals surface area contributed by atoms with Crippen LogP contribution in [0.25, 0.3) is 11.6 Å². The largest absolute Gasteiger partial charge is 0.461 e. The molecule has 0 bridgehead atoms. The molecular weight excluding hydrogens is 378 g/mol. The molecule has 0 spiro atoms. The fourth-order valence-electron chi connectivity index (χ4n) is 2.47. The predicted octanol–water partition coefficient (Wildman–Crippen LogP) is 3.79. The van der Waals surface area contributed by atoms with E-state index in [1.165, 1.54) is 0 Å². The summed E-state index contributed by atoms with van der Waals surface area (Å²) in [7, 11) is 1.95. The number of hydrogen-bond acceptors (Lipinski definition) is 7. The van der Waals surface area contributed by atoms with Crippen LogP contribution in [0.4, 0.5) is 5.69 Å². The van der Waals surface area contributed by atoms with Gasteiger partial charge in [0.15, 0.2) is 10.9 Å². The number of hydrogen-bond donors (Lipinski definition) is 1. The van der Waals surface area contributed by atoms with Gasteiger partial charge in [0.1, 0.15) is 0 Å². The van der Waals surface area contributed by atoms with Crippen LogP contribution in [0, 0.1) is 0 Å². The summed E-state index contributed by atoms with van der Waals surface area (Å²) in [5, 5.41) is 7.62. The van der Waals surface area contributed by atoms with E-state index >= 15 is 0 Å². The number of anilines is 1. The Morgan fingerprint density at radius 2 is 2.11 bits per heavy atom. The molecule has 0 aliphatic rings. The molecule has 0 radical (unpaired) electrons. The number of carbonyl (C=O) groups is 1. The maximum Gasteiger partial charge on any atom is 0.238 e. The average molecular weight is 395 g/mol. The first-order chi connectivity index (χ1) is 13.7. The van der Waals surface area contributed by atoms with Crippen LogP contribution in [0.3, 0.4) is 0 Å². The van der Waals surface area contributed by atoms with Crippen molar-refractivity contribution in [1.82, 2.24) is 19.7 Å². The number of nitrogens with one attached hydrogen (secondary N) is 1. The lowest BCUT2D eigenvalue weighted by Gasteiger charge is -2.06. The number of aromatic nitrogens is 4. The molecule has 0 unspecified atom stereocenters. The minimum atomic E-state index is -0.123. The Labute approximate surface area is 165 Å². The van der Waals surface area contributed by atoms with E-state index in [4.69, 9.17) is 8.94 Å². The second-order valence-corrected chi connectivity index (χ2v) is 7.03. The van der Waals surface area contributed by atoms with Crippen molar-refractivity contribution in [3.63, 3.8) is 0 Å². The molecular formula is C19H17N5O3S. The molecule has 1 N–H and O–H groups in total. The summed E-state index contributed by atoms with van der Waals surface area (Å²) in [5.41, 5.74) is 0.732. The molecule has 1 amide bonds. The predicted molar refractivity (Wildman–Crippen MR) is 103 cm³/mol. The number of nitrogens with zero attached hydrogens (tertiary/aromatic N) is 4. The van der Waals surface area contributed by atoms with Gasteiger partial charge in [-0.3, -0.25) is 4.79 Å². The Morgan fingerprint density at radius 3 is 2.82 bits per heavy atom. The van der Waals surface area contributed by atoms with Crippen LogP contribution < -0.4 is 5.32 Å². The molecule has 0 atom stereocenters. The third-order valence-corrected chi connectivity index (χ3v) is 4.98. The van der Waals surface area contributed by atoms with E-state index in [0.717, 1.165) is 15.7 Å². The van der Waals surface area contributed by atoms with E-state index in [0.29, 0.717) is 23.9 Å². The van der Waals surface area contributed by atoms with Gasteiger partial charge in [-0.05, 0) is 36.4 Å². The van der Waals surface area contributed by atoms with Crippen LogP contribution in [0.2, 0.25) is 0 Å². The van der Waals surface area contributed by atoms with Gasteiger partial charge in [0, 0.05) is 42.9 Å². The van der Waals surface area contributed by atoms with Gasteiger partial charge in [0.05, 0.1) is 6.26 Å². The Bertz CT molecular complexity index is 1050. The number of rotatable bonds is 7. The zero-order valence-electron chi connectivity index (χ0n) is 15.0. The van der Waals surface area contributed by atoms with E-state index in [1.807, 2.05) is 42.1 Å². The second kappa shape index (κ2) is 8.13. The van der Waals surface area contributed by atoms with Crippen LogP contribution >= 0.6 is 11.8 Å². The third-order valence-electron chi connectivity index (χ3n) is 3.90. The molecule has 4 aromatic rings. The van der Waals surface area contributed by atoms with Gasteiger partial charge in [0.25, 0.3) is 0 Å². The lowest BCUT2D eigenvalue weighted by atomic mass is 10.2. The lowest BCUT2D eigenvalue weighted by molar-refractivity contribution is -0.116. The van der Waals surface area contributed by atoms with E-state index in [2.05, 4.69) is 20.4 Å². The number of furan rings is 1. The average Bonchev–Trinajstić information content (AvgIpc) is 3.44. The minimum Gasteiger partial charge on any atom is -0.461 e. The number of benzene rings is 1. The van der Waals surface area contributed by atoms with E-state index < -0.39 is 0 Å². The minimum absolute atomic E-state index is 0.123. The Morgan fingerprint density at radius 1 is 1.25 bits per heavy atom. The second-order valence-electron chi connectivity index (χ2n) is 5.98. The fourth-order valence-corrected chi connectivity index (χ4v) is 3.27. The van der Waals surface area contributed by atoms with Crippen molar-refractivity contribution in [2.75, 3.05) is 5.32 Å². The smallest absolute Gasteiger partial charge is 0.238 e. The van der Waals surface area contributed by atoms with E-state index in [-0.39, 0.29) is 12.3 Å². The van der Waals surface area contributed by atoms with Crippen LogP contribution in [-0.4, -0.2) is 25.6 Å². The van der Waals surface area contributed by atoms with Crippen LogP contribution in [0.15, 0.2) is 74.0 Å². The summed E-state index contributed by atoms with van der Waals surface area (Å²) in [4.78, 5) is 21.7. The summed E-state index contributed by atoms with van der Waals surface area (Å²) in [6, 6.07) is 11.1. The molecule has 3 aromatic heterocycles. The van der Waals surface area contributed by atoms with Gasteiger partial charge in [-0.15, -0.1) is 0 Å². The molecule has 0 aliphatic heterocycles. The highest BCUT2D eigenvalue weighted by Gasteiger charge is 2.12. The van der Waals surface area contributed by atoms with Gasteiger partial charge in [-0.2, -0.15) is 4.98 Å². The molecule has 0 saturated heterocycles. The third kappa shape index (κ3) is 4.32. The first-order valence-electron chi connectivity index (χ1n) is 8.59. The summed E-state index contributed by atoms with van der Waals surface area (Å²) in [5.74, 6) is 1.18. The first-order valence-corrected chi connectivity index (χ1v) is 9.40. The molecule has 0 aliphatic carbocycles. The van der Waals surface area contributed by atoms with Crippen molar-refractivity contribution < 1.29 is 13.7 Å². The molecule has 0 fully saturated rings. The summed E-state index contributed by atoms with van der Waals surface area (Å²) in [6.45, 7) is 0. The first kappa shape index (κ1) is 18.1. The summed E-state index contributed by atoms with van der Waals surface area (Å²) < 4.78 is 12.3. The molecule has 1 aromatic carbocycles. The highest BCUT2D eigenvalue weighted by atomic mass is 32.2. The number of imidazole rings is 1. The molecule has 8 nitrogen and oxygen atoms in total. The van der Waals surface area contributed by atoms with Crippen molar-refractivity contribution in [1.29, 1.82) is 0 Å². The fraction of sp³-hybridized carbons (Fsp3) is 0.158. The molecule has 0 saturated carbocycles. The highest BCUT2D eigenvalue weighted by molar-refractivity contribution is 7.99. The molecule has 142 valence electrons. The van der Waals surface area contributed by atoms with Gasteiger partial charge in [0.2, 0.25) is 17.6 Å². The number of aryl methyl sites for hydroxylation is 2. The SMILES string of the molecule is Cn1ccnc1Sc1ccc(NC(=O)CCc2nc(-c3ccco3)no2)cc1.